The van der Waals surface area contributed by atoms with E-state index in [1.54, 1.807) is 25.1 Å². The Balaban J connectivity index is 2.22. The number of nitro groups is 1. The topological polar surface area (TPSA) is 78.7 Å². The predicted octanol–water partition coefficient (Wildman–Crippen LogP) is 3.10. The van der Waals surface area contributed by atoms with Crippen LogP contribution in [0.4, 0.5) is 5.69 Å². The number of nitro benzene ring substituents is 1. The largest absolute Gasteiger partial charge is 0.487 e. The number of hydrogen-bond donors (Lipinski definition) is 0. The highest BCUT2D eigenvalue weighted by atomic mass is 16.6. The highest BCUT2D eigenvalue weighted by molar-refractivity contribution is 5.69. The normalized spacial score (nSPS) is 10.1. The molecule has 0 radical (unpaired) electrons. The van der Waals surface area contributed by atoms with Crippen molar-refractivity contribution < 1.29 is 19.2 Å². The molecule has 0 bridgehead atoms. The van der Waals surface area contributed by atoms with Crippen LogP contribution in [0.3, 0.4) is 0 Å². The minimum Gasteiger partial charge on any atom is -0.487 e. The Hall–Kier alpha value is -2.11. The minimum absolute atomic E-state index is 0.0287. The Bertz CT molecular complexity index is 447. The number of carbonyl (C=O) groups is 1. The summed E-state index contributed by atoms with van der Waals surface area (Å²) in [7, 11) is 0. The molecule has 6 nitrogen and oxygen atoms in total. The van der Waals surface area contributed by atoms with E-state index in [-0.39, 0.29) is 17.4 Å². The van der Waals surface area contributed by atoms with E-state index in [9.17, 15) is 14.9 Å². The van der Waals surface area contributed by atoms with Gasteiger partial charge < -0.3 is 9.47 Å². The Labute approximate surface area is 117 Å². The van der Waals surface area contributed by atoms with Crippen LogP contribution in [0, 0.1) is 10.1 Å². The lowest BCUT2D eigenvalue weighted by molar-refractivity contribution is -0.385. The van der Waals surface area contributed by atoms with Gasteiger partial charge in [0.05, 0.1) is 18.1 Å². The van der Waals surface area contributed by atoms with Crippen LogP contribution in [-0.2, 0) is 9.53 Å². The minimum atomic E-state index is -0.462. The van der Waals surface area contributed by atoms with Crippen LogP contribution in [-0.4, -0.2) is 24.1 Å². The van der Waals surface area contributed by atoms with Gasteiger partial charge in [0.1, 0.15) is 0 Å². The SMILES string of the molecule is CCOC(=O)CCCCCOc1ccccc1[N+](=O)[O-]. The van der Waals surface area contributed by atoms with Crippen LogP contribution >= 0.6 is 0 Å². The van der Waals surface area contributed by atoms with Gasteiger partial charge in [-0.15, -0.1) is 0 Å². The van der Waals surface area contributed by atoms with Crippen molar-refractivity contribution in [3.63, 3.8) is 0 Å². The molecular weight excluding hydrogens is 262 g/mol. The molecule has 0 amide bonds. The fourth-order valence-corrected chi connectivity index (χ4v) is 1.69. The zero-order valence-electron chi connectivity index (χ0n) is 11.5. The Kier molecular flexibility index (Phi) is 7.10. The highest BCUT2D eigenvalue weighted by Crippen LogP contribution is 2.25. The van der Waals surface area contributed by atoms with Crippen molar-refractivity contribution in [2.75, 3.05) is 13.2 Å². The summed E-state index contributed by atoms with van der Waals surface area (Å²) in [6.07, 6.45) is 2.70. The Morgan fingerprint density at radius 3 is 2.70 bits per heavy atom. The smallest absolute Gasteiger partial charge is 0.310 e. The lowest BCUT2D eigenvalue weighted by Gasteiger charge is -2.06. The third-order valence-corrected chi connectivity index (χ3v) is 2.65. The summed E-state index contributed by atoms with van der Waals surface area (Å²) in [6.45, 7) is 2.58. The maximum Gasteiger partial charge on any atom is 0.310 e. The second kappa shape index (κ2) is 8.90. The number of esters is 1. The molecule has 0 N–H and O–H groups in total. The summed E-state index contributed by atoms with van der Waals surface area (Å²) < 4.78 is 10.2. The molecule has 0 aliphatic rings. The van der Waals surface area contributed by atoms with E-state index in [0.717, 1.165) is 19.3 Å². The van der Waals surface area contributed by atoms with E-state index in [1.165, 1.54) is 6.07 Å². The Morgan fingerprint density at radius 1 is 1.25 bits per heavy atom. The van der Waals surface area contributed by atoms with Gasteiger partial charge in [0.15, 0.2) is 5.75 Å². The van der Waals surface area contributed by atoms with Crippen molar-refractivity contribution in [3.8, 4) is 5.75 Å². The number of carbonyl (C=O) groups excluding carboxylic acids is 1. The molecule has 0 saturated carbocycles. The monoisotopic (exact) mass is 281 g/mol. The van der Waals surface area contributed by atoms with Gasteiger partial charge in [-0.05, 0) is 32.3 Å². The molecule has 0 atom stereocenters. The zero-order chi connectivity index (χ0) is 14.8. The molecule has 0 spiro atoms. The number of rotatable bonds is 9. The van der Waals surface area contributed by atoms with Gasteiger partial charge >= 0.3 is 11.7 Å². The molecule has 1 aromatic rings. The van der Waals surface area contributed by atoms with Crippen LogP contribution in [0.5, 0.6) is 5.75 Å². The molecule has 0 unspecified atom stereocenters. The van der Waals surface area contributed by atoms with E-state index in [1.807, 2.05) is 0 Å². The fraction of sp³-hybridized carbons (Fsp3) is 0.500. The van der Waals surface area contributed by atoms with Crippen molar-refractivity contribution in [2.45, 2.75) is 32.6 Å². The van der Waals surface area contributed by atoms with Crippen molar-refractivity contribution in [1.82, 2.24) is 0 Å². The second-order valence-corrected chi connectivity index (χ2v) is 4.19. The summed E-state index contributed by atoms with van der Waals surface area (Å²) in [5.74, 6) is 0.0926. The first-order chi connectivity index (χ1) is 9.65. The predicted molar refractivity (Wildman–Crippen MR) is 73.7 cm³/mol. The second-order valence-electron chi connectivity index (χ2n) is 4.19. The Morgan fingerprint density at radius 2 is 2.00 bits per heavy atom. The quantitative estimate of drug-likeness (QED) is 0.301. The number of hydrogen-bond acceptors (Lipinski definition) is 5. The van der Waals surface area contributed by atoms with Gasteiger partial charge in [-0.2, -0.15) is 0 Å². The molecule has 6 heteroatoms. The molecular formula is C14H19NO5. The third-order valence-electron chi connectivity index (χ3n) is 2.65. The molecule has 1 aromatic carbocycles. The van der Waals surface area contributed by atoms with Crippen molar-refractivity contribution in [3.05, 3.63) is 34.4 Å². The maximum atomic E-state index is 11.1. The number of nitrogens with zero attached hydrogens (tertiary/aromatic N) is 1. The first-order valence-electron chi connectivity index (χ1n) is 6.67. The van der Waals surface area contributed by atoms with Crippen LogP contribution in [0.15, 0.2) is 24.3 Å². The first-order valence-corrected chi connectivity index (χ1v) is 6.67. The van der Waals surface area contributed by atoms with Gasteiger partial charge in [-0.3, -0.25) is 14.9 Å². The van der Waals surface area contributed by atoms with Gasteiger partial charge in [0.2, 0.25) is 0 Å². The summed E-state index contributed by atoms with van der Waals surface area (Å²) >= 11 is 0. The van der Waals surface area contributed by atoms with Crippen molar-refractivity contribution in [2.24, 2.45) is 0 Å². The van der Waals surface area contributed by atoms with E-state index in [2.05, 4.69) is 0 Å². The molecule has 110 valence electrons. The fourth-order valence-electron chi connectivity index (χ4n) is 1.69. The molecule has 0 heterocycles. The average molecular weight is 281 g/mol. The van der Waals surface area contributed by atoms with Gasteiger partial charge in [-0.25, -0.2) is 0 Å². The van der Waals surface area contributed by atoms with Crippen molar-refractivity contribution >= 4 is 11.7 Å². The van der Waals surface area contributed by atoms with Crippen molar-refractivity contribution in [1.29, 1.82) is 0 Å². The van der Waals surface area contributed by atoms with Gasteiger partial charge in [-0.1, -0.05) is 12.1 Å². The lowest BCUT2D eigenvalue weighted by Crippen LogP contribution is -2.04. The van der Waals surface area contributed by atoms with Crippen LogP contribution < -0.4 is 4.74 Å². The maximum absolute atomic E-state index is 11.1. The molecule has 0 aliphatic heterocycles. The average Bonchev–Trinajstić information content (AvgIpc) is 2.43. The molecule has 20 heavy (non-hydrogen) atoms. The van der Waals surface area contributed by atoms with Crippen LogP contribution in [0.2, 0.25) is 0 Å². The summed E-state index contributed by atoms with van der Waals surface area (Å²) in [4.78, 5) is 21.4. The molecule has 0 saturated heterocycles. The summed E-state index contributed by atoms with van der Waals surface area (Å²) in [5, 5.41) is 10.8. The van der Waals surface area contributed by atoms with Crippen LogP contribution in [0.1, 0.15) is 32.6 Å². The summed E-state index contributed by atoms with van der Waals surface area (Å²) in [6, 6.07) is 6.29. The highest BCUT2D eigenvalue weighted by Gasteiger charge is 2.13. The number of benzene rings is 1. The van der Waals surface area contributed by atoms with E-state index < -0.39 is 4.92 Å². The number of ether oxygens (including phenoxy) is 2. The third kappa shape index (κ3) is 5.69. The number of unbranched alkanes of at least 4 members (excludes halogenated alkanes) is 2. The van der Waals surface area contributed by atoms with E-state index in [0.29, 0.717) is 19.6 Å². The summed E-state index contributed by atoms with van der Waals surface area (Å²) in [5.41, 5.74) is -0.0287. The molecule has 0 aliphatic carbocycles. The van der Waals surface area contributed by atoms with Crippen LogP contribution in [0.25, 0.3) is 0 Å². The van der Waals surface area contributed by atoms with Gasteiger partial charge in [0.25, 0.3) is 0 Å². The zero-order valence-corrected chi connectivity index (χ0v) is 11.5. The molecule has 0 fully saturated rings. The van der Waals surface area contributed by atoms with E-state index >= 15 is 0 Å². The first kappa shape index (κ1) is 15.9. The standard InChI is InChI=1S/C14H19NO5/c1-2-19-14(16)10-4-3-7-11-20-13-9-6-5-8-12(13)15(17)18/h5-6,8-9H,2-4,7,10-11H2,1H3. The molecule has 0 aromatic heterocycles. The number of para-hydroxylation sites is 2. The van der Waals surface area contributed by atoms with E-state index in [4.69, 9.17) is 9.47 Å². The molecule has 1 rings (SSSR count). The lowest BCUT2D eigenvalue weighted by atomic mass is 10.2. The van der Waals surface area contributed by atoms with Gasteiger partial charge in [0, 0.05) is 12.5 Å².